The van der Waals surface area contributed by atoms with Crippen molar-refractivity contribution in [2.24, 2.45) is 11.7 Å². The molecule has 1 fully saturated rings. The first kappa shape index (κ1) is 15.0. The van der Waals surface area contributed by atoms with Crippen molar-refractivity contribution >= 4 is 5.91 Å². The summed E-state index contributed by atoms with van der Waals surface area (Å²) in [5.74, 6) is 1.20. The van der Waals surface area contributed by atoms with Crippen molar-refractivity contribution < 1.29 is 9.32 Å². The van der Waals surface area contributed by atoms with Gasteiger partial charge in [0.05, 0.1) is 17.3 Å². The van der Waals surface area contributed by atoms with E-state index in [0.29, 0.717) is 5.92 Å². The highest BCUT2D eigenvalue weighted by Gasteiger charge is 2.38. The van der Waals surface area contributed by atoms with E-state index in [4.69, 9.17) is 10.3 Å². The lowest BCUT2D eigenvalue weighted by Gasteiger charge is -2.36. The van der Waals surface area contributed by atoms with E-state index >= 15 is 0 Å². The Labute approximate surface area is 120 Å². The van der Waals surface area contributed by atoms with E-state index in [1.165, 1.54) is 0 Å². The van der Waals surface area contributed by atoms with Gasteiger partial charge in [0.25, 0.3) is 0 Å². The predicted octanol–water partition coefficient (Wildman–Crippen LogP) is 2.38. The Morgan fingerprint density at radius 1 is 1.55 bits per heavy atom. The molecule has 112 valence electrons. The van der Waals surface area contributed by atoms with Crippen LogP contribution < -0.4 is 11.1 Å². The molecule has 0 radical (unpaired) electrons. The van der Waals surface area contributed by atoms with E-state index < -0.39 is 5.54 Å². The van der Waals surface area contributed by atoms with Crippen LogP contribution in [0.25, 0.3) is 0 Å². The molecule has 1 aliphatic rings. The molecular formula is C15H25N3O2. The minimum atomic E-state index is -0.731. The number of nitrogens with two attached hydrogens (primary N) is 1. The molecule has 3 atom stereocenters. The molecule has 1 saturated carbocycles. The average Bonchev–Trinajstić information content (AvgIpc) is 2.68. The molecule has 3 unspecified atom stereocenters. The minimum Gasteiger partial charge on any atom is -0.361 e. The number of nitrogens with one attached hydrogen (secondary N) is 1. The summed E-state index contributed by atoms with van der Waals surface area (Å²) in [6.45, 7) is 7.85. The van der Waals surface area contributed by atoms with Gasteiger partial charge in [-0.1, -0.05) is 24.9 Å². The van der Waals surface area contributed by atoms with Crippen LogP contribution in [0, 0.1) is 19.8 Å². The van der Waals surface area contributed by atoms with Crippen molar-refractivity contribution in [2.45, 2.75) is 65.0 Å². The molecule has 0 bridgehead atoms. The second-order valence-electron chi connectivity index (χ2n) is 6.29. The van der Waals surface area contributed by atoms with Crippen LogP contribution >= 0.6 is 0 Å². The first-order valence-electron chi connectivity index (χ1n) is 7.36. The number of carbonyl (C=O) groups excluding carboxylic acids is 1. The standard InChI is InChI=1S/C15H25N3O2/c1-9-6-5-7-15(16,8-9)14(19)17-10(2)13-11(3)18-20-12(13)4/h9-10H,5-8,16H2,1-4H3,(H,17,19). The van der Waals surface area contributed by atoms with Gasteiger partial charge in [0.2, 0.25) is 5.91 Å². The topological polar surface area (TPSA) is 81.2 Å². The lowest BCUT2D eigenvalue weighted by molar-refractivity contribution is -0.128. The summed E-state index contributed by atoms with van der Waals surface area (Å²) < 4.78 is 5.15. The van der Waals surface area contributed by atoms with Gasteiger partial charge in [-0.3, -0.25) is 4.79 Å². The molecule has 5 heteroatoms. The van der Waals surface area contributed by atoms with E-state index in [1.807, 2.05) is 20.8 Å². The van der Waals surface area contributed by atoms with Crippen molar-refractivity contribution in [3.05, 3.63) is 17.0 Å². The molecule has 0 aliphatic heterocycles. The van der Waals surface area contributed by atoms with Crippen LogP contribution in [0.3, 0.4) is 0 Å². The third-order valence-electron chi connectivity index (χ3n) is 4.35. The molecular weight excluding hydrogens is 254 g/mol. The average molecular weight is 279 g/mol. The molecule has 5 nitrogen and oxygen atoms in total. The van der Waals surface area contributed by atoms with Gasteiger partial charge in [-0.2, -0.15) is 0 Å². The molecule has 0 spiro atoms. The SMILES string of the molecule is Cc1noc(C)c1C(C)NC(=O)C1(N)CCCC(C)C1. The van der Waals surface area contributed by atoms with Crippen LogP contribution in [0.1, 0.15) is 62.6 Å². The van der Waals surface area contributed by atoms with Crippen molar-refractivity contribution in [2.75, 3.05) is 0 Å². The summed E-state index contributed by atoms with van der Waals surface area (Å²) >= 11 is 0. The maximum absolute atomic E-state index is 12.5. The van der Waals surface area contributed by atoms with Crippen LogP contribution in [0.15, 0.2) is 4.52 Å². The van der Waals surface area contributed by atoms with Crippen LogP contribution in [-0.4, -0.2) is 16.6 Å². The van der Waals surface area contributed by atoms with E-state index in [1.54, 1.807) is 0 Å². The van der Waals surface area contributed by atoms with Crippen molar-refractivity contribution in [1.29, 1.82) is 0 Å². The highest BCUT2D eigenvalue weighted by Crippen LogP contribution is 2.31. The van der Waals surface area contributed by atoms with Gasteiger partial charge in [-0.25, -0.2) is 0 Å². The maximum atomic E-state index is 12.5. The normalized spacial score (nSPS) is 28.1. The van der Waals surface area contributed by atoms with Gasteiger partial charge in [0.1, 0.15) is 5.76 Å². The Morgan fingerprint density at radius 3 is 2.80 bits per heavy atom. The smallest absolute Gasteiger partial charge is 0.240 e. The van der Waals surface area contributed by atoms with Gasteiger partial charge >= 0.3 is 0 Å². The molecule has 1 amide bonds. The summed E-state index contributed by atoms with van der Waals surface area (Å²) in [5, 5.41) is 6.96. The first-order chi connectivity index (χ1) is 9.33. The maximum Gasteiger partial charge on any atom is 0.240 e. The molecule has 3 N–H and O–H groups in total. The molecule has 0 aromatic carbocycles. The van der Waals surface area contributed by atoms with E-state index in [9.17, 15) is 4.79 Å². The van der Waals surface area contributed by atoms with E-state index in [0.717, 1.165) is 42.7 Å². The summed E-state index contributed by atoms with van der Waals surface area (Å²) in [5.41, 5.74) is 7.36. The Morgan fingerprint density at radius 2 is 2.25 bits per heavy atom. The number of aromatic nitrogens is 1. The van der Waals surface area contributed by atoms with Gasteiger partial charge in [0.15, 0.2) is 0 Å². The summed E-state index contributed by atoms with van der Waals surface area (Å²) in [6, 6.07) is -0.133. The van der Waals surface area contributed by atoms with Crippen LogP contribution in [0.2, 0.25) is 0 Å². The third-order valence-corrected chi connectivity index (χ3v) is 4.35. The molecule has 1 aromatic heterocycles. The fourth-order valence-electron chi connectivity index (χ4n) is 3.32. The van der Waals surface area contributed by atoms with Gasteiger partial charge in [-0.15, -0.1) is 0 Å². The minimum absolute atomic E-state index is 0.0587. The number of nitrogens with zero attached hydrogens (tertiary/aromatic N) is 1. The monoisotopic (exact) mass is 279 g/mol. The summed E-state index contributed by atoms with van der Waals surface area (Å²) in [4.78, 5) is 12.5. The summed E-state index contributed by atoms with van der Waals surface area (Å²) in [7, 11) is 0. The Bertz CT molecular complexity index is 478. The number of rotatable bonds is 3. The molecule has 0 saturated heterocycles. The zero-order valence-corrected chi connectivity index (χ0v) is 12.8. The summed E-state index contributed by atoms with van der Waals surface area (Å²) in [6.07, 6.45) is 3.70. The number of hydrogen-bond donors (Lipinski definition) is 2. The Kier molecular flexibility index (Phi) is 4.18. The number of aryl methyl sites for hydroxylation is 2. The highest BCUT2D eigenvalue weighted by atomic mass is 16.5. The molecule has 1 aromatic rings. The number of amides is 1. The van der Waals surface area contributed by atoms with E-state index in [2.05, 4.69) is 17.4 Å². The third kappa shape index (κ3) is 2.87. The van der Waals surface area contributed by atoms with Crippen molar-refractivity contribution in [1.82, 2.24) is 10.5 Å². The highest BCUT2D eigenvalue weighted by molar-refractivity contribution is 5.86. The quantitative estimate of drug-likeness (QED) is 0.890. The van der Waals surface area contributed by atoms with Crippen LogP contribution in [-0.2, 0) is 4.79 Å². The lowest BCUT2D eigenvalue weighted by Crippen LogP contribution is -2.56. The van der Waals surface area contributed by atoms with Crippen LogP contribution in [0.4, 0.5) is 0 Å². The Hall–Kier alpha value is -1.36. The van der Waals surface area contributed by atoms with Crippen LogP contribution in [0.5, 0.6) is 0 Å². The first-order valence-corrected chi connectivity index (χ1v) is 7.36. The fraction of sp³-hybridized carbons (Fsp3) is 0.733. The zero-order valence-electron chi connectivity index (χ0n) is 12.8. The second-order valence-corrected chi connectivity index (χ2v) is 6.29. The van der Waals surface area contributed by atoms with E-state index in [-0.39, 0.29) is 11.9 Å². The second kappa shape index (κ2) is 5.56. The van der Waals surface area contributed by atoms with Gasteiger partial charge < -0.3 is 15.6 Å². The number of carbonyl (C=O) groups is 1. The van der Waals surface area contributed by atoms with Gasteiger partial charge in [0, 0.05) is 5.56 Å². The lowest BCUT2D eigenvalue weighted by atomic mass is 9.76. The molecule has 20 heavy (non-hydrogen) atoms. The Balaban J connectivity index is 2.08. The predicted molar refractivity (Wildman–Crippen MR) is 77.1 cm³/mol. The molecule has 1 aliphatic carbocycles. The van der Waals surface area contributed by atoms with Crippen molar-refractivity contribution in [3.63, 3.8) is 0 Å². The van der Waals surface area contributed by atoms with Gasteiger partial charge in [-0.05, 0) is 39.5 Å². The van der Waals surface area contributed by atoms with Crippen molar-refractivity contribution in [3.8, 4) is 0 Å². The zero-order chi connectivity index (χ0) is 14.9. The molecule has 1 heterocycles. The largest absolute Gasteiger partial charge is 0.361 e. The fourth-order valence-corrected chi connectivity index (χ4v) is 3.32. The molecule has 2 rings (SSSR count). The number of hydrogen-bond acceptors (Lipinski definition) is 4.